The van der Waals surface area contributed by atoms with Gasteiger partial charge in [-0.15, -0.1) is 0 Å². The number of hydrogen-bond acceptors (Lipinski definition) is 2. The van der Waals surface area contributed by atoms with Gasteiger partial charge in [-0.3, -0.25) is 9.69 Å². The number of nitrogens with one attached hydrogen (secondary N) is 1. The van der Waals surface area contributed by atoms with Gasteiger partial charge >= 0.3 is 0 Å². The number of rotatable bonds is 2. The highest BCUT2D eigenvalue weighted by atomic mass is 16.2. The van der Waals surface area contributed by atoms with Gasteiger partial charge in [0.25, 0.3) is 0 Å². The monoisotopic (exact) mass is 292 g/mol. The van der Waals surface area contributed by atoms with Gasteiger partial charge in [-0.25, -0.2) is 0 Å². The number of fused-ring (bicyclic) bond motifs is 2. The second kappa shape index (κ2) is 5.25. The smallest absolute Gasteiger partial charge is 0.235 e. The number of carbonyl (C=O) groups is 1. The fourth-order valence-corrected chi connectivity index (χ4v) is 3.85. The van der Waals surface area contributed by atoms with Crippen molar-refractivity contribution >= 4 is 11.6 Å². The summed E-state index contributed by atoms with van der Waals surface area (Å²) in [5.74, 6) is 0.146. The van der Waals surface area contributed by atoms with Gasteiger partial charge in [0, 0.05) is 12.2 Å². The first kappa shape index (κ1) is 13.5. The number of hydrogen-bond donors (Lipinski definition) is 1. The molecular formula is C19H20N2O. The maximum atomic E-state index is 13.1. The topological polar surface area (TPSA) is 32.3 Å². The molecule has 0 aromatic heterocycles. The van der Waals surface area contributed by atoms with Crippen molar-refractivity contribution < 1.29 is 4.79 Å². The predicted octanol–water partition coefficient (Wildman–Crippen LogP) is 3.17. The van der Waals surface area contributed by atoms with Crippen molar-refractivity contribution in [3.8, 4) is 0 Å². The van der Waals surface area contributed by atoms with Gasteiger partial charge in [0.15, 0.2) is 0 Å². The predicted molar refractivity (Wildman–Crippen MR) is 87.7 cm³/mol. The molecule has 0 radical (unpaired) electrons. The molecule has 22 heavy (non-hydrogen) atoms. The number of benzene rings is 2. The summed E-state index contributed by atoms with van der Waals surface area (Å²) in [5.41, 5.74) is 3.04. The van der Waals surface area contributed by atoms with Crippen molar-refractivity contribution in [2.45, 2.75) is 24.8 Å². The van der Waals surface area contributed by atoms with Crippen LogP contribution in [0.25, 0.3) is 0 Å². The Morgan fingerprint density at radius 2 is 1.64 bits per heavy atom. The largest absolute Gasteiger partial charge is 0.325 e. The Kier molecular flexibility index (Phi) is 3.23. The Morgan fingerprint density at radius 1 is 0.955 bits per heavy atom. The molecule has 0 unspecified atom stereocenters. The Morgan fingerprint density at radius 3 is 2.41 bits per heavy atom. The summed E-state index contributed by atoms with van der Waals surface area (Å²) in [5, 5.41) is 3.14. The van der Waals surface area contributed by atoms with Crippen LogP contribution in [0, 0.1) is 0 Å². The van der Waals surface area contributed by atoms with Crippen molar-refractivity contribution in [1.82, 2.24) is 4.90 Å². The molecule has 3 heterocycles. The minimum Gasteiger partial charge on any atom is -0.325 e. The number of para-hydroxylation sites is 1. The Bertz CT molecular complexity index is 688. The van der Waals surface area contributed by atoms with Gasteiger partial charge in [0.1, 0.15) is 0 Å². The van der Waals surface area contributed by atoms with Gasteiger partial charge in [-0.2, -0.15) is 0 Å². The number of nitrogens with zero attached hydrogens (tertiary/aromatic N) is 1. The molecule has 3 nitrogen and oxygen atoms in total. The van der Waals surface area contributed by atoms with Crippen LogP contribution in [0.15, 0.2) is 54.6 Å². The third kappa shape index (κ3) is 2.13. The van der Waals surface area contributed by atoms with Crippen LogP contribution in [0.4, 0.5) is 5.69 Å². The van der Waals surface area contributed by atoms with Crippen molar-refractivity contribution in [1.29, 1.82) is 0 Å². The Labute approximate surface area is 131 Å². The van der Waals surface area contributed by atoms with Gasteiger partial charge in [-0.05, 0) is 49.2 Å². The lowest BCUT2D eigenvalue weighted by atomic mass is 9.72. The lowest BCUT2D eigenvalue weighted by Gasteiger charge is -2.37. The van der Waals surface area contributed by atoms with Crippen LogP contribution in [0.5, 0.6) is 0 Å². The minimum atomic E-state index is -0.376. The average Bonchev–Trinajstić information content (AvgIpc) is 2.83. The molecule has 0 spiro atoms. The summed E-state index contributed by atoms with van der Waals surface area (Å²) in [6.07, 6.45) is 1.81. The molecule has 3 aliphatic rings. The summed E-state index contributed by atoms with van der Waals surface area (Å²) in [6, 6.07) is 18.2. The quantitative estimate of drug-likeness (QED) is 0.922. The van der Waals surface area contributed by atoms with Gasteiger partial charge < -0.3 is 5.32 Å². The highest BCUT2D eigenvalue weighted by Gasteiger charge is 2.46. The Balaban J connectivity index is 1.73. The maximum Gasteiger partial charge on any atom is 0.235 e. The van der Waals surface area contributed by atoms with Crippen molar-refractivity contribution in [2.24, 2.45) is 0 Å². The van der Waals surface area contributed by atoms with Crippen LogP contribution in [0.2, 0.25) is 0 Å². The van der Waals surface area contributed by atoms with Gasteiger partial charge in [0.2, 0.25) is 5.91 Å². The van der Waals surface area contributed by atoms with Crippen LogP contribution in [0.3, 0.4) is 0 Å². The Hall–Kier alpha value is -2.13. The molecule has 0 aliphatic carbocycles. The van der Waals surface area contributed by atoms with E-state index in [2.05, 4.69) is 34.5 Å². The molecule has 1 saturated heterocycles. The molecular weight excluding hydrogens is 272 g/mol. The van der Waals surface area contributed by atoms with E-state index in [1.807, 2.05) is 30.3 Å². The molecule has 2 aromatic carbocycles. The molecule has 112 valence electrons. The van der Waals surface area contributed by atoms with E-state index in [-0.39, 0.29) is 11.3 Å². The molecule has 2 bridgehead atoms. The van der Waals surface area contributed by atoms with E-state index in [1.165, 1.54) is 11.1 Å². The van der Waals surface area contributed by atoms with E-state index in [0.717, 1.165) is 38.2 Å². The fraction of sp³-hybridized carbons (Fsp3) is 0.316. The molecule has 0 atom stereocenters. The summed E-state index contributed by atoms with van der Waals surface area (Å²) >= 11 is 0. The zero-order chi connectivity index (χ0) is 15.0. The standard InChI is InChI=1S/C19H20N2O/c22-18(20-16-7-2-1-3-8-16)19-10-12-21(13-11-19)14-15-6-4-5-9-17(15)19/h1-9H,10-14H2,(H,20,22). The van der Waals surface area contributed by atoms with E-state index in [4.69, 9.17) is 0 Å². The van der Waals surface area contributed by atoms with Crippen LogP contribution in [0.1, 0.15) is 24.0 Å². The minimum absolute atomic E-state index is 0.146. The second-order valence-electron chi connectivity index (χ2n) is 6.34. The molecule has 3 heteroatoms. The summed E-state index contributed by atoms with van der Waals surface area (Å²) in [6.45, 7) is 2.96. The summed E-state index contributed by atoms with van der Waals surface area (Å²) < 4.78 is 0. The van der Waals surface area contributed by atoms with Crippen LogP contribution >= 0.6 is 0 Å². The van der Waals surface area contributed by atoms with Gasteiger partial charge in [-0.1, -0.05) is 42.5 Å². The highest BCUT2D eigenvalue weighted by Crippen LogP contribution is 2.42. The SMILES string of the molecule is O=C(Nc1ccccc1)C12CCN(CC1)Cc1ccccc12. The van der Waals surface area contributed by atoms with Crippen molar-refractivity contribution in [3.63, 3.8) is 0 Å². The lowest BCUT2D eigenvalue weighted by molar-refractivity contribution is -0.123. The number of piperidine rings is 1. The highest BCUT2D eigenvalue weighted by molar-refractivity contribution is 5.99. The molecule has 1 amide bonds. The summed E-state index contributed by atoms with van der Waals surface area (Å²) in [7, 11) is 0. The van der Waals surface area contributed by atoms with Crippen LogP contribution < -0.4 is 5.32 Å². The lowest BCUT2D eigenvalue weighted by Crippen LogP contribution is -2.47. The molecule has 0 saturated carbocycles. The van der Waals surface area contributed by atoms with E-state index < -0.39 is 0 Å². The average molecular weight is 292 g/mol. The first-order valence-corrected chi connectivity index (χ1v) is 7.95. The zero-order valence-corrected chi connectivity index (χ0v) is 12.6. The van der Waals surface area contributed by atoms with Gasteiger partial charge in [0.05, 0.1) is 5.41 Å². The second-order valence-corrected chi connectivity index (χ2v) is 6.34. The first-order chi connectivity index (χ1) is 10.8. The number of anilines is 1. The van der Waals surface area contributed by atoms with Crippen LogP contribution in [-0.4, -0.2) is 23.9 Å². The van der Waals surface area contributed by atoms with Crippen molar-refractivity contribution in [2.75, 3.05) is 18.4 Å². The molecule has 1 N–H and O–H groups in total. The first-order valence-electron chi connectivity index (χ1n) is 7.95. The molecule has 5 rings (SSSR count). The maximum absolute atomic E-state index is 13.1. The van der Waals surface area contributed by atoms with E-state index in [0.29, 0.717) is 0 Å². The molecule has 2 aromatic rings. The summed E-state index contributed by atoms with van der Waals surface area (Å²) in [4.78, 5) is 15.6. The van der Waals surface area contributed by atoms with E-state index >= 15 is 0 Å². The van der Waals surface area contributed by atoms with Crippen LogP contribution in [-0.2, 0) is 16.8 Å². The third-order valence-electron chi connectivity index (χ3n) is 5.10. The normalized spacial score (nSPS) is 26.1. The fourth-order valence-electron chi connectivity index (χ4n) is 3.85. The number of carbonyl (C=O) groups excluding carboxylic acids is 1. The van der Waals surface area contributed by atoms with E-state index in [9.17, 15) is 4.79 Å². The zero-order valence-electron chi connectivity index (χ0n) is 12.6. The third-order valence-corrected chi connectivity index (χ3v) is 5.10. The number of amides is 1. The van der Waals surface area contributed by atoms with E-state index in [1.54, 1.807) is 0 Å². The molecule has 3 aliphatic heterocycles. The van der Waals surface area contributed by atoms with Crippen molar-refractivity contribution in [3.05, 3.63) is 65.7 Å². The molecule has 1 fully saturated rings.